The minimum Gasteiger partial charge on any atom is -0.508 e. The predicted octanol–water partition coefficient (Wildman–Crippen LogP) is 4.43. The molecule has 0 radical (unpaired) electrons. The number of fused-ring (bicyclic) bond motifs is 3. The number of carboxylic acids is 1. The molecule has 0 bridgehead atoms. The van der Waals surface area contributed by atoms with Gasteiger partial charge in [-0.3, -0.25) is 9.35 Å². The van der Waals surface area contributed by atoms with Crippen LogP contribution in [0.2, 0.25) is 0 Å². The average Bonchev–Trinajstić information content (AvgIpc) is 3.64. The van der Waals surface area contributed by atoms with Crippen LogP contribution in [-0.2, 0) is 30.5 Å². The molecule has 4 aliphatic carbocycles. The molecule has 5 fully saturated rings. The number of carboxylic acid groups (broad SMARTS) is 1. The van der Waals surface area contributed by atoms with Gasteiger partial charge in [0.2, 0.25) is 0 Å². The Balaban J connectivity index is 0.000000232. The number of nitrogens with two attached hydrogens (primary N) is 1. The Morgan fingerprint density at radius 1 is 1.04 bits per heavy atom. The Hall–Kier alpha value is -2.77. The largest absolute Gasteiger partial charge is 0.508 e. The van der Waals surface area contributed by atoms with Crippen LogP contribution < -0.4 is 11.4 Å². The zero-order valence-corrected chi connectivity index (χ0v) is 26.4. The molecule has 246 valence electrons. The number of hydrogen-bond acceptors (Lipinski definition) is 9. The number of ether oxygens (including phenoxy) is 1. The monoisotopic (exact) mass is 645 g/mol. The van der Waals surface area contributed by atoms with Crippen molar-refractivity contribution in [3.8, 4) is 5.75 Å². The van der Waals surface area contributed by atoms with Crippen molar-refractivity contribution in [2.45, 2.75) is 101 Å². The first-order chi connectivity index (χ1) is 21.2. The van der Waals surface area contributed by atoms with Crippen LogP contribution in [0, 0.1) is 28.6 Å². The summed E-state index contributed by atoms with van der Waals surface area (Å²) in [7, 11) is -4.41. The van der Waals surface area contributed by atoms with Crippen LogP contribution in [0.15, 0.2) is 51.9 Å². The molecule has 45 heavy (non-hydrogen) atoms. The van der Waals surface area contributed by atoms with Crippen molar-refractivity contribution in [2.75, 3.05) is 0 Å². The molecule has 2 aromatic rings. The Morgan fingerprint density at radius 3 is 2.42 bits per heavy atom. The highest BCUT2D eigenvalue weighted by atomic mass is 32.3. The van der Waals surface area contributed by atoms with E-state index in [1.165, 1.54) is 18.2 Å². The van der Waals surface area contributed by atoms with Crippen LogP contribution in [0.25, 0.3) is 0 Å². The minimum atomic E-state index is -4.41. The summed E-state index contributed by atoms with van der Waals surface area (Å²) in [6.45, 7) is 4.78. The smallest absolute Gasteiger partial charge is 0.397 e. The molecule has 2 heterocycles. The molecule has 11 nitrogen and oxygen atoms in total. The van der Waals surface area contributed by atoms with Gasteiger partial charge < -0.3 is 25.1 Å². The summed E-state index contributed by atoms with van der Waals surface area (Å²) >= 11 is 0. The summed E-state index contributed by atoms with van der Waals surface area (Å²) in [5.74, 6) is 0.949. The second kappa shape index (κ2) is 11.5. The third kappa shape index (κ3) is 5.73. The molecule has 0 amide bonds. The lowest BCUT2D eigenvalue weighted by Gasteiger charge is -2.61. The standard InChI is InChI=1S/C24H32O7S.C9H11NO3/c1-22-9-7-16(31-32(26,27)28)11-15(22)4-5-18-17(22)8-10-23(2)19(12-20-24(18,23)30-20)14-3-6-21(25)29-13-14;10-8(9(12)13)5-6-1-3-7(11)4-2-6/h3,6,13,15-20H,4-5,7-12H2,1-2H3,(H,26,27,28);1-4,8,11H,5,10H2,(H,12,13)/t15-,16+,17+,18-,19-,20-,22+,23-,24-;/m1./s1. The third-order valence-electron chi connectivity index (χ3n) is 12.1. The van der Waals surface area contributed by atoms with E-state index in [-0.39, 0.29) is 40.3 Å². The van der Waals surface area contributed by atoms with E-state index >= 15 is 0 Å². The van der Waals surface area contributed by atoms with Gasteiger partial charge in [-0.25, -0.2) is 8.98 Å². The number of rotatable bonds is 6. The van der Waals surface area contributed by atoms with E-state index in [0.29, 0.717) is 36.5 Å². The number of phenols is 1. The molecule has 1 unspecified atom stereocenters. The molecule has 1 spiro atoms. The van der Waals surface area contributed by atoms with Gasteiger partial charge in [-0.2, -0.15) is 8.42 Å². The lowest BCUT2D eigenvalue weighted by Crippen LogP contribution is -2.58. The van der Waals surface area contributed by atoms with Crippen molar-refractivity contribution in [1.82, 2.24) is 0 Å². The molecule has 12 heteroatoms. The molecular formula is C33H43NO10S. The van der Waals surface area contributed by atoms with E-state index in [2.05, 4.69) is 13.8 Å². The first kappa shape index (κ1) is 32.2. The summed E-state index contributed by atoms with van der Waals surface area (Å²) in [6.07, 6.45) is 9.40. The second-order valence-corrected chi connectivity index (χ2v) is 15.3. The fourth-order valence-corrected chi connectivity index (χ4v) is 10.5. The van der Waals surface area contributed by atoms with Gasteiger partial charge in [-0.15, -0.1) is 0 Å². The molecule has 10 atom stereocenters. The number of hydrogen-bond donors (Lipinski definition) is 4. The highest BCUT2D eigenvalue weighted by Crippen LogP contribution is 2.78. The van der Waals surface area contributed by atoms with Crippen LogP contribution in [0.1, 0.15) is 82.3 Å². The molecule has 1 aliphatic heterocycles. The van der Waals surface area contributed by atoms with Gasteiger partial charge in [0.25, 0.3) is 0 Å². The fourth-order valence-electron chi connectivity index (χ4n) is 9.95. The molecule has 7 rings (SSSR count). The summed E-state index contributed by atoms with van der Waals surface area (Å²) < 4.78 is 48.4. The first-order valence-corrected chi connectivity index (χ1v) is 17.2. The Kier molecular flexibility index (Phi) is 8.21. The van der Waals surface area contributed by atoms with Gasteiger partial charge >= 0.3 is 22.0 Å². The summed E-state index contributed by atoms with van der Waals surface area (Å²) in [5.41, 5.74) is 7.02. The lowest BCUT2D eigenvalue weighted by atomic mass is 9.44. The Morgan fingerprint density at radius 2 is 1.78 bits per heavy atom. The van der Waals surface area contributed by atoms with Crippen LogP contribution in [-0.4, -0.2) is 53.0 Å². The normalized spacial score (nSPS) is 38.8. The Labute approximate surface area is 263 Å². The Bertz CT molecular complexity index is 1570. The summed E-state index contributed by atoms with van der Waals surface area (Å²) in [4.78, 5) is 21.9. The van der Waals surface area contributed by atoms with E-state index in [9.17, 15) is 18.0 Å². The third-order valence-corrected chi connectivity index (χ3v) is 12.6. The van der Waals surface area contributed by atoms with Crippen molar-refractivity contribution < 1.29 is 41.3 Å². The lowest BCUT2D eigenvalue weighted by molar-refractivity contribution is -0.138. The van der Waals surface area contributed by atoms with Gasteiger partial charge in [0.1, 0.15) is 17.4 Å². The highest BCUT2D eigenvalue weighted by molar-refractivity contribution is 7.80. The van der Waals surface area contributed by atoms with Crippen LogP contribution in [0.4, 0.5) is 0 Å². The number of epoxide rings is 1. The topological polar surface area (TPSA) is 190 Å². The van der Waals surface area contributed by atoms with Crippen LogP contribution in [0.3, 0.4) is 0 Å². The maximum absolute atomic E-state index is 11.5. The van der Waals surface area contributed by atoms with Crippen molar-refractivity contribution in [3.63, 3.8) is 0 Å². The van der Waals surface area contributed by atoms with Gasteiger partial charge in [-0.1, -0.05) is 26.0 Å². The highest BCUT2D eigenvalue weighted by Gasteiger charge is 2.80. The van der Waals surface area contributed by atoms with Gasteiger partial charge in [0, 0.05) is 11.5 Å². The maximum atomic E-state index is 11.5. The van der Waals surface area contributed by atoms with Gasteiger partial charge in [0.15, 0.2) is 0 Å². The molecule has 4 saturated carbocycles. The van der Waals surface area contributed by atoms with Gasteiger partial charge in [-0.05, 0) is 116 Å². The number of aromatic hydroxyl groups is 1. The first-order valence-electron chi connectivity index (χ1n) is 15.8. The van der Waals surface area contributed by atoms with Crippen molar-refractivity contribution in [3.05, 3.63) is 64.2 Å². The molecular weight excluding hydrogens is 602 g/mol. The van der Waals surface area contributed by atoms with E-state index in [1.807, 2.05) is 6.07 Å². The van der Waals surface area contributed by atoms with Gasteiger partial charge in [0.05, 0.1) is 18.5 Å². The summed E-state index contributed by atoms with van der Waals surface area (Å²) in [6, 6.07) is 8.89. The van der Waals surface area contributed by atoms with E-state index in [1.54, 1.807) is 18.4 Å². The van der Waals surface area contributed by atoms with Crippen molar-refractivity contribution in [2.24, 2.45) is 34.3 Å². The van der Waals surface area contributed by atoms with E-state index < -0.39 is 28.5 Å². The number of aliphatic carboxylic acids is 1. The van der Waals surface area contributed by atoms with E-state index in [4.69, 9.17) is 33.8 Å². The minimum absolute atomic E-state index is 0.0350. The van der Waals surface area contributed by atoms with E-state index in [0.717, 1.165) is 49.7 Å². The van der Waals surface area contributed by atoms with Crippen LogP contribution >= 0.6 is 0 Å². The number of carbonyl (C=O) groups is 1. The van der Waals surface area contributed by atoms with Crippen molar-refractivity contribution in [1.29, 1.82) is 0 Å². The number of phenolic OH excluding ortho intramolecular Hbond substituents is 1. The molecule has 1 saturated heterocycles. The maximum Gasteiger partial charge on any atom is 0.397 e. The summed E-state index contributed by atoms with van der Waals surface area (Å²) in [5, 5.41) is 17.5. The van der Waals surface area contributed by atoms with Crippen molar-refractivity contribution >= 4 is 16.4 Å². The zero-order chi connectivity index (χ0) is 32.4. The molecule has 1 aromatic carbocycles. The number of benzene rings is 1. The average molecular weight is 646 g/mol. The molecule has 1 aromatic heterocycles. The quantitative estimate of drug-likeness (QED) is 0.257. The molecule has 5 N–H and O–H groups in total. The zero-order valence-electron chi connectivity index (χ0n) is 25.6. The fraction of sp³-hybridized carbons (Fsp3) is 0.636. The SMILES string of the molecule is C[C@]12CC[C@H](OS(=O)(=O)O)C[C@H]1CC[C@@H]1[C@@H]2CC[C@]2(C)[C@@H](c3ccc(=O)oc3)C[C@H]3O[C@]132.NC(Cc1ccc(O)cc1)C(=O)O. The predicted molar refractivity (Wildman–Crippen MR) is 163 cm³/mol. The second-order valence-electron chi connectivity index (χ2n) is 14.3. The van der Waals surface area contributed by atoms with Crippen LogP contribution in [0.5, 0.6) is 5.75 Å². The molecule has 5 aliphatic rings.